The van der Waals surface area contributed by atoms with Gasteiger partial charge in [-0.05, 0) is 38.3 Å². The predicted molar refractivity (Wildman–Crippen MR) is 74.7 cm³/mol. The Hall–Kier alpha value is -1.44. The normalized spacial score (nSPS) is 11.9. The Morgan fingerprint density at radius 1 is 1.47 bits per heavy atom. The van der Waals surface area contributed by atoms with Gasteiger partial charge in [0.2, 0.25) is 0 Å². The van der Waals surface area contributed by atoms with Crippen LogP contribution in [0.25, 0.3) is 0 Å². The van der Waals surface area contributed by atoms with Crippen LogP contribution in [-0.4, -0.2) is 12.6 Å². The molecule has 1 N–H and O–H groups in total. The number of hydrogen-bond acceptors (Lipinski definition) is 2. The van der Waals surface area contributed by atoms with Crippen molar-refractivity contribution in [3.63, 3.8) is 0 Å². The van der Waals surface area contributed by atoms with E-state index in [4.69, 9.17) is 4.74 Å². The van der Waals surface area contributed by atoms with Crippen LogP contribution in [-0.2, 0) is 0 Å². The molecule has 0 aromatic heterocycles. The van der Waals surface area contributed by atoms with E-state index in [9.17, 15) is 0 Å². The van der Waals surface area contributed by atoms with Gasteiger partial charge in [-0.25, -0.2) is 0 Å². The van der Waals surface area contributed by atoms with Crippen molar-refractivity contribution in [1.82, 2.24) is 0 Å². The molecule has 1 aromatic rings. The van der Waals surface area contributed by atoms with Crippen molar-refractivity contribution in [2.45, 2.75) is 39.2 Å². The SMILES string of the molecule is C=CCCC(C)Nc1cccc(OCCC)c1. The maximum absolute atomic E-state index is 5.60. The molecular weight excluding hydrogens is 210 g/mol. The monoisotopic (exact) mass is 233 g/mol. The molecule has 17 heavy (non-hydrogen) atoms. The van der Waals surface area contributed by atoms with Crippen molar-refractivity contribution in [3.05, 3.63) is 36.9 Å². The van der Waals surface area contributed by atoms with Crippen LogP contribution >= 0.6 is 0 Å². The van der Waals surface area contributed by atoms with Crippen molar-refractivity contribution in [1.29, 1.82) is 0 Å². The standard InChI is InChI=1S/C15H23NO/c1-4-6-8-13(3)16-14-9-7-10-15(12-14)17-11-5-2/h4,7,9-10,12-13,16H,1,5-6,8,11H2,2-3H3. The summed E-state index contributed by atoms with van der Waals surface area (Å²) in [6.45, 7) is 8.81. The summed E-state index contributed by atoms with van der Waals surface area (Å²) in [5.74, 6) is 0.938. The lowest BCUT2D eigenvalue weighted by Gasteiger charge is -2.15. The number of ether oxygens (including phenoxy) is 1. The Balaban J connectivity index is 2.49. The van der Waals surface area contributed by atoms with Gasteiger partial charge in [-0.2, -0.15) is 0 Å². The van der Waals surface area contributed by atoms with E-state index in [1.165, 1.54) is 0 Å². The van der Waals surface area contributed by atoms with Gasteiger partial charge in [0.1, 0.15) is 5.75 Å². The third kappa shape index (κ3) is 5.43. The van der Waals surface area contributed by atoms with Crippen molar-refractivity contribution < 1.29 is 4.74 Å². The summed E-state index contributed by atoms with van der Waals surface area (Å²) in [7, 11) is 0. The lowest BCUT2D eigenvalue weighted by atomic mass is 10.1. The molecule has 0 spiro atoms. The minimum absolute atomic E-state index is 0.453. The lowest BCUT2D eigenvalue weighted by Crippen LogP contribution is -2.14. The van der Waals surface area contributed by atoms with Crippen LogP contribution in [0.3, 0.4) is 0 Å². The van der Waals surface area contributed by atoms with Crippen LogP contribution in [0.5, 0.6) is 5.75 Å². The van der Waals surface area contributed by atoms with Gasteiger partial charge >= 0.3 is 0 Å². The number of rotatable bonds is 8. The van der Waals surface area contributed by atoms with Crippen LogP contribution in [0.2, 0.25) is 0 Å². The van der Waals surface area contributed by atoms with E-state index in [2.05, 4.69) is 37.9 Å². The van der Waals surface area contributed by atoms with Crippen molar-refractivity contribution in [3.8, 4) is 5.75 Å². The van der Waals surface area contributed by atoms with Crippen LogP contribution in [0.1, 0.15) is 33.1 Å². The second kappa shape index (κ2) is 7.77. The topological polar surface area (TPSA) is 21.3 Å². The summed E-state index contributed by atoms with van der Waals surface area (Å²) in [5.41, 5.74) is 1.12. The predicted octanol–water partition coefficient (Wildman–Crippen LogP) is 4.24. The van der Waals surface area contributed by atoms with Crippen molar-refractivity contribution in [2.24, 2.45) is 0 Å². The van der Waals surface area contributed by atoms with Gasteiger partial charge in [0.05, 0.1) is 6.61 Å². The van der Waals surface area contributed by atoms with E-state index in [1.54, 1.807) is 0 Å². The smallest absolute Gasteiger partial charge is 0.121 e. The average molecular weight is 233 g/mol. The molecular formula is C15H23NO. The second-order valence-electron chi connectivity index (χ2n) is 4.29. The molecule has 0 heterocycles. The number of nitrogens with one attached hydrogen (secondary N) is 1. The van der Waals surface area contributed by atoms with E-state index in [0.717, 1.165) is 37.3 Å². The van der Waals surface area contributed by atoms with E-state index < -0.39 is 0 Å². The van der Waals surface area contributed by atoms with Crippen LogP contribution in [0.4, 0.5) is 5.69 Å². The Bertz CT molecular complexity index is 335. The first kappa shape index (κ1) is 13.6. The van der Waals surface area contributed by atoms with Gasteiger partial charge in [-0.15, -0.1) is 6.58 Å². The van der Waals surface area contributed by atoms with E-state index >= 15 is 0 Å². The van der Waals surface area contributed by atoms with E-state index in [0.29, 0.717) is 6.04 Å². The molecule has 0 saturated heterocycles. The second-order valence-corrected chi connectivity index (χ2v) is 4.29. The number of anilines is 1. The first-order valence-corrected chi connectivity index (χ1v) is 6.36. The maximum Gasteiger partial charge on any atom is 0.121 e. The zero-order valence-electron chi connectivity index (χ0n) is 10.9. The minimum Gasteiger partial charge on any atom is -0.494 e. The fourth-order valence-corrected chi connectivity index (χ4v) is 1.62. The molecule has 94 valence electrons. The number of hydrogen-bond donors (Lipinski definition) is 1. The van der Waals surface area contributed by atoms with Crippen LogP contribution < -0.4 is 10.1 Å². The van der Waals surface area contributed by atoms with Gasteiger partial charge in [0.25, 0.3) is 0 Å². The molecule has 0 aliphatic rings. The molecule has 1 unspecified atom stereocenters. The largest absolute Gasteiger partial charge is 0.494 e. The molecule has 0 saturated carbocycles. The highest BCUT2D eigenvalue weighted by atomic mass is 16.5. The highest BCUT2D eigenvalue weighted by Gasteiger charge is 2.01. The fraction of sp³-hybridized carbons (Fsp3) is 0.467. The Kier molecular flexibility index (Phi) is 6.23. The molecule has 1 rings (SSSR count). The summed E-state index contributed by atoms with van der Waals surface area (Å²) in [5, 5.41) is 3.47. The summed E-state index contributed by atoms with van der Waals surface area (Å²) in [6, 6.07) is 8.60. The summed E-state index contributed by atoms with van der Waals surface area (Å²) < 4.78 is 5.60. The van der Waals surface area contributed by atoms with Crippen LogP contribution in [0.15, 0.2) is 36.9 Å². The average Bonchev–Trinajstić information content (AvgIpc) is 2.34. The zero-order valence-corrected chi connectivity index (χ0v) is 10.9. The quantitative estimate of drug-likeness (QED) is 0.678. The molecule has 0 aliphatic carbocycles. The highest BCUT2D eigenvalue weighted by Crippen LogP contribution is 2.19. The van der Waals surface area contributed by atoms with Gasteiger partial charge in [-0.3, -0.25) is 0 Å². The molecule has 1 atom stereocenters. The highest BCUT2D eigenvalue weighted by molar-refractivity contribution is 5.48. The van der Waals surface area contributed by atoms with Crippen LogP contribution in [0, 0.1) is 0 Å². The number of allylic oxidation sites excluding steroid dienone is 1. The minimum atomic E-state index is 0.453. The van der Waals surface area contributed by atoms with Gasteiger partial charge in [0.15, 0.2) is 0 Å². The summed E-state index contributed by atoms with van der Waals surface area (Å²) in [4.78, 5) is 0. The van der Waals surface area contributed by atoms with E-state index in [1.807, 2.05) is 18.2 Å². The third-order valence-corrected chi connectivity index (χ3v) is 2.52. The van der Waals surface area contributed by atoms with Gasteiger partial charge in [0, 0.05) is 17.8 Å². The summed E-state index contributed by atoms with van der Waals surface area (Å²) in [6.07, 6.45) is 5.14. The maximum atomic E-state index is 5.60. The molecule has 0 aliphatic heterocycles. The fourth-order valence-electron chi connectivity index (χ4n) is 1.62. The third-order valence-electron chi connectivity index (χ3n) is 2.52. The number of benzene rings is 1. The van der Waals surface area contributed by atoms with Gasteiger partial charge in [-0.1, -0.05) is 19.1 Å². The van der Waals surface area contributed by atoms with E-state index in [-0.39, 0.29) is 0 Å². The van der Waals surface area contributed by atoms with Crippen molar-refractivity contribution in [2.75, 3.05) is 11.9 Å². The molecule has 0 radical (unpaired) electrons. The molecule has 2 heteroatoms. The summed E-state index contributed by atoms with van der Waals surface area (Å²) >= 11 is 0. The Morgan fingerprint density at radius 2 is 2.29 bits per heavy atom. The van der Waals surface area contributed by atoms with Crippen molar-refractivity contribution >= 4 is 5.69 Å². The Labute approximate surface area is 105 Å². The first-order chi connectivity index (χ1) is 8.26. The first-order valence-electron chi connectivity index (χ1n) is 6.36. The lowest BCUT2D eigenvalue weighted by molar-refractivity contribution is 0.317. The molecule has 0 bridgehead atoms. The molecule has 0 amide bonds. The molecule has 0 fully saturated rings. The Morgan fingerprint density at radius 3 is 3.00 bits per heavy atom. The molecule has 1 aromatic carbocycles. The van der Waals surface area contributed by atoms with Gasteiger partial charge < -0.3 is 10.1 Å². The zero-order chi connectivity index (χ0) is 12.5. The molecule has 2 nitrogen and oxygen atoms in total.